The van der Waals surface area contributed by atoms with Crippen LogP contribution in [0.1, 0.15) is 82.6 Å². The Bertz CT molecular complexity index is 1500. The molecule has 0 atom stereocenters. The van der Waals surface area contributed by atoms with Gasteiger partial charge in [-0.05, 0) is 68.2 Å². The lowest BCUT2D eigenvalue weighted by Crippen LogP contribution is -2.53. The number of carbonyl (C=O) groups excluding carboxylic acids is 3. The normalized spacial score (nSPS) is 16.4. The zero-order valence-electron chi connectivity index (χ0n) is 28.0. The Balaban J connectivity index is 1.13. The Hall–Kier alpha value is -4.47. The van der Waals surface area contributed by atoms with Crippen LogP contribution in [0.15, 0.2) is 60.7 Å². The molecule has 2 aromatic carbocycles. The number of aromatic hydroxyl groups is 1. The first-order valence-electron chi connectivity index (χ1n) is 17.6. The molecule has 2 fully saturated rings. The summed E-state index contributed by atoms with van der Waals surface area (Å²) >= 11 is 0. The number of rotatable bonds is 15. The van der Waals surface area contributed by atoms with Crippen molar-refractivity contribution in [1.29, 1.82) is 0 Å². The standard InChI is InChI=1S/C38H50N6O4/c39-36-33(27-32(41-42-36)31-15-10-11-16-34(31)46)43-24-20-38(21-25-43,30-13-7-6-8-14-30)37(48)40-28-29-18-22-44(23-19-29)35(47)17-9-4-2-1-3-5-12-26-45/h6-8,10-11,13-16,26-27,29,46H,1-5,9,12,17-25,28H2,(H2,39,42)(H,40,48). The molecule has 0 spiro atoms. The molecule has 10 heteroatoms. The van der Waals surface area contributed by atoms with Gasteiger partial charge in [-0.3, -0.25) is 9.59 Å². The van der Waals surface area contributed by atoms with Crippen LogP contribution in [0.3, 0.4) is 0 Å². The number of nitrogens with two attached hydrogens (primary N) is 1. The van der Waals surface area contributed by atoms with E-state index in [1.165, 1.54) is 0 Å². The molecule has 4 N–H and O–H groups in total. The third kappa shape index (κ3) is 8.70. The molecule has 1 aromatic heterocycles. The molecule has 5 rings (SSSR count). The highest BCUT2D eigenvalue weighted by Gasteiger charge is 2.43. The molecule has 2 aliphatic heterocycles. The number of nitrogen functional groups attached to an aromatic ring is 1. The number of nitrogens with zero attached hydrogens (tertiary/aromatic N) is 4. The second-order valence-corrected chi connectivity index (χ2v) is 13.3. The van der Waals surface area contributed by atoms with Crippen molar-refractivity contribution in [3.05, 3.63) is 66.2 Å². The molecule has 2 aliphatic rings. The van der Waals surface area contributed by atoms with Crippen LogP contribution in [-0.2, 0) is 19.8 Å². The first-order chi connectivity index (χ1) is 23.4. The number of amides is 2. The predicted octanol–water partition coefficient (Wildman–Crippen LogP) is 5.64. The van der Waals surface area contributed by atoms with Crippen molar-refractivity contribution in [3.63, 3.8) is 0 Å². The number of unbranched alkanes of at least 4 members (excludes halogenated alkanes) is 6. The first kappa shape index (κ1) is 34.9. The van der Waals surface area contributed by atoms with Crippen LogP contribution in [0.5, 0.6) is 5.75 Å². The maximum absolute atomic E-state index is 14.1. The van der Waals surface area contributed by atoms with Gasteiger partial charge in [0.25, 0.3) is 0 Å². The predicted molar refractivity (Wildman–Crippen MR) is 188 cm³/mol. The van der Waals surface area contributed by atoms with Crippen LogP contribution in [-0.4, -0.2) is 71.0 Å². The number of aldehydes is 1. The monoisotopic (exact) mass is 654 g/mol. The van der Waals surface area contributed by atoms with E-state index in [-0.39, 0.29) is 17.6 Å². The van der Waals surface area contributed by atoms with Gasteiger partial charge in [-0.2, -0.15) is 0 Å². The fraction of sp³-hybridized carbons (Fsp3) is 0.500. The minimum Gasteiger partial charge on any atom is -0.507 e. The number of nitrogens with one attached hydrogen (secondary N) is 1. The summed E-state index contributed by atoms with van der Waals surface area (Å²) in [4.78, 5) is 41.4. The fourth-order valence-electron chi connectivity index (χ4n) is 7.16. The Morgan fingerprint density at radius 1 is 0.896 bits per heavy atom. The van der Waals surface area contributed by atoms with E-state index >= 15 is 0 Å². The van der Waals surface area contributed by atoms with Crippen molar-refractivity contribution >= 4 is 29.6 Å². The summed E-state index contributed by atoms with van der Waals surface area (Å²) in [6, 6.07) is 18.9. The van der Waals surface area contributed by atoms with Crippen LogP contribution < -0.4 is 16.0 Å². The highest BCUT2D eigenvalue weighted by molar-refractivity contribution is 5.89. The average Bonchev–Trinajstić information content (AvgIpc) is 3.13. The van der Waals surface area contributed by atoms with Gasteiger partial charge in [-0.1, -0.05) is 68.1 Å². The number of hydrogen-bond acceptors (Lipinski definition) is 8. The molecule has 256 valence electrons. The molecule has 3 aromatic rings. The highest BCUT2D eigenvalue weighted by atomic mass is 16.3. The molecule has 3 heterocycles. The summed E-state index contributed by atoms with van der Waals surface area (Å²) in [7, 11) is 0. The second-order valence-electron chi connectivity index (χ2n) is 13.3. The summed E-state index contributed by atoms with van der Waals surface area (Å²) in [5.41, 5.74) is 8.52. The fourth-order valence-corrected chi connectivity index (χ4v) is 7.16. The van der Waals surface area contributed by atoms with E-state index in [1.807, 2.05) is 47.4 Å². The molecular formula is C38H50N6O4. The number of piperidine rings is 2. The molecule has 10 nitrogen and oxygen atoms in total. The second kappa shape index (κ2) is 17.1. The van der Waals surface area contributed by atoms with Crippen molar-refractivity contribution in [2.45, 2.75) is 82.5 Å². The lowest BCUT2D eigenvalue weighted by atomic mass is 9.71. The summed E-state index contributed by atoms with van der Waals surface area (Å²) in [6.07, 6.45) is 11.5. The topological polar surface area (TPSA) is 142 Å². The van der Waals surface area contributed by atoms with E-state index in [0.717, 1.165) is 82.0 Å². The van der Waals surface area contributed by atoms with E-state index in [9.17, 15) is 19.5 Å². The molecule has 0 saturated carbocycles. The molecule has 0 radical (unpaired) electrons. The Morgan fingerprint density at radius 2 is 1.56 bits per heavy atom. The minimum absolute atomic E-state index is 0.0498. The molecule has 48 heavy (non-hydrogen) atoms. The number of phenolic OH excluding ortho intramolecular Hbond substituents is 1. The maximum Gasteiger partial charge on any atom is 0.230 e. The van der Waals surface area contributed by atoms with E-state index in [4.69, 9.17) is 5.73 Å². The SMILES string of the molecule is Nc1nnc(-c2ccccc2O)cc1N1CCC(C(=O)NCC2CCN(C(=O)CCCCCCCCC=O)CC2)(c2ccccc2)CC1. The third-order valence-electron chi connectivity index (χ3n) is 10.2. The molecular weight excluding hydrogens is 604 g/mol. The van der Waals surface area contributed by atoms with Crippen LogP contribution >= 0.6 is 0 Å². The number of carbonyl (C=O) groups is 3. The van der Waals surface area contributed by atoms with Crippen molar-refractivity contribution in [2.24, 2.45) is 5.92 Å². The van der Waals surface area contributed by atoms with Crippen molar-refractivity contribution in [2.75, 3.05) is 43.4 Å². The van der Waals surface area contributed by atoms with Gasteiger partial charge < -0.3 is 30.8 Å². The molecule has 0 unspecified atom stereocenters. The molecule has 0 aliphatic carbocycles. The van der Waals surface area contributed by atoms with Gasteiger partial charge in [0.05, 0.1) is 16.8 Å². The third-order valence-corrected chi connectivity index (χ3v) is 10.2. The lowest BCUT2D eigenvalue weighted by molar-refractivity contribution is -0.133. The molecule has 2 saturated heterocycles. The van der Waals surface area contributed by atoms with Crippen molar-refractivity contribution in [3.8, 4) is 17.0 Å². The number of aromatic nitrogens is 2. The number of phenols is 1. The smallest absolute Gasteiger partial charge is 0.230 e. The molecule has 0 bridgehead atoms. The first-order valence-corrected chi connectivity index (χ1v) is 17.6. The van der Waals surface area contributed by atoms with E-state index in [1.54, 1.807) is 18.2 Å². The van der Waals surface area contributed by atoms with Gasteiger partial charge in [0, 0.05) is 51.1 Å². The Morgan fingerprint density at radius 3 is 2.27 bits per heavy atom. The maximum atomic E-state index is 14.1. The number of benzene rings is 2. The van der Waals surface area contributed by atoms with E-state index in [2.05, 4.69) is 20.4 Å². The van der Waals surface area contributed by atoms with Crippen LogP contribution in [0.2, 0.25) is 0 Å². The van der Waals surface area contributed by atoms with Gasteiger partial charge in [0.2, 0.25) is 11.8 Å². The van der Waals surface area contributed by atoms with Crippen LogP contribution in [0.4, 0.5) is 11.5 Å². The van der Waals surface area contributed by atoms with Crippen molar-refractivity contribution in [1.82, 2.24) is 20.4 Å². The number of para-hydroxylation sites is 1. The number of anilines is 2. The Kier molecular flexibility index (Phi) is 12.4. The summed E-state index contributed by atoms with van der Waals surface area (Å²) < 4.78 is 0. The lowest BCUT2D eigenvalue weighted by Gasteiger charge is -2.42. The number of hydrogen-bond donors (Lipinski definition) is 3. The quantitative estimate of drug-likeness (QED) is 0.141. The number of likely N-dealkylation sites (tertiary alicyclic amines) is 1. The van der Waals surface area contributed by atoms with Gasteiger partial charge >= 0.3 is 0 Å². The molecule has 2 amide bonds. The highest BCUT2D eigenvalue weighted by Crippen LogP contribution is 2.39. The van der Waals surface area contributed by atoms with Gasteiger partial charge in [0.1, 0.15) is 12.0 Å². The minimum atomic E-state index is -0.668. The zero-order chi connectivity index (χ0) is 33.8. The Labute approximate surface area is 284 Å². The van der Waals surface area contributed by atoms with E-state index < -0.39 is 5.41 Å². The van der Waals surface area contributed by atoms with Gasteiger partial charge in [0.15, 0.2) is 5.82 Å². The van der Waals surface area contributed by atoms with Gasteiger partial charge in [-0.25, -0.2) is 0 Å². The van der Waals surface area contributed by atoms with Crippen LogP contribution in [0, 0.1) is 5.92 Å². The van der Waals surface area contributed by atoms with Crippen molar-refractivity contribution < 1.29 is 19.5 Å². The zero-order valence-corrected chi connectivity index (χ0v) is 28.0. The average molecular weight is 655 g/mol. The summed E-state index contributed by atoms with van der Waals surface area (Å²) in [5, 5.41) is 22.1. The van der Waals surface area contributed by atoms with Gasteiger partial charge in [-0.15, -0.1) is 10.2 Å². The summed E-state index contributed by atoms with van der Waals surface area (Å²) in [6.45, 7) is 3.31. The van der Waals surface area contributed by atoms with E-state index in [0.29, 0.717) is 68.3 Å². The summed E-state index contributed by atoms with van der Waals surface area (Å²) in [5.74, 6) is 1.08. The largest absolute Gasteiger partial charge is 0.507 e. The van der Waals surface area contributed by atoms with Crippen LogP contribution in [0.25, 0.3) is 11.3 Å².